The van der Waals surface area contributed by atoms with Gasteiger partial charge in [-0.1, -0.05) is 37.3 Å². The first kappa shape index (κ1) is 12.3. The lowest BCUT2D eigenvalue weighted by Gasteiger charge is -1.93. The first-order chi connectivity index (χ1) is 7.34. The van der Waals surface area contributed by atoms with E-state index in [2.05, 4.69) is 11.8 Å². The Hall–Kier alpha value is -0.760. The summed E-state index contributed by atoms with van der Waals surface area (Å²) in [6.45, 7) is 1.87. The highest BCUT2D eigenvalue weighted by molar-refractivity contribution is 7.99. The van der Waals surface area contributed by atoms with Crippen molar-refractivity contribution in [2.45, 2.75) is 26.2 Å². The number of benzene rings is 1. The molecule has 1 heterocycles. The Morgan fingerprint density at radius 3 is 2.20 bits per heavy atom. The highest BCUT2D eigenvalue weighted by atomic mass is 32.2. The van der Waals surface area contributed by atoms with Crippen molar-refractivity contribution >= 4 is 17.5 Å². The van der Waals surface area contributed by atoms with Crippen LogP contribution >= 0.6 is 11.8 Å². The summed E-state index contributed by atoms with van der Waals surface area (Å²) in [6.07, 6.45) is 3.51. The lowest BCUT2D eigenvalue weighted by Crippen LogP contribution is -1.94. The molecule has 0 bridgehead atoms. The number of Topliss-reactive ketones (excluding diaryl/α,β-unsaturated/α-hetero) is 1. The van der Waals surface area contributed by atoms with Gasteiger partial charge in [-0.3, -0.25) is 4.79 Å². The molecule has 0 unspecified atom stereocenters. The molecule has 2 heteroatoms. The molecule has 0 radical (unpaired) electrons. The van der Waals surface area contributed by atoms with Gasteiger partial charge < -0.3 is 0 Å². The molecule has 1 aromatic carbocycles. The molecule has 2 rings (SSSR count). The molecule has 0 aromatic heterocycles. The largest absolute Gasteiger partial charge is 0.294 e. The number of hydrogen-bond acceptors (Lipinski definition) is 2. The molecule has 1 aromatic rings. The van der Waals surface area contributed by atoms with Crippen molar-refractivity contribution in [3.8, 4) is 0 Å². The maximum absolute atomic E-state index is 11.0. The van der Waals surface area contributed by atoms with Crippen LogP contribution in [0.2, 0.25) is 0 Å². The Balaban J connectivity index is 0.000000187. The first-order valence-electron chi connectivity index (χ1n) is 5.50. The molecule has 1 aliphatic rings. The number of ketones is 1. The van der Waals surface area contributed by atoms with Crippen molar-refractivity contribution in [1.29, 1.82) is 0 Å². The van der Waals surface area contributed by atoms with Gasteiger partial charge in [-0.2, -0.15) is 11.8 Å². The van der Waals surface area contributed by atoms with Crippen LogP contribution in [0.5, 0.6) is 0 Å². The van der Waals surface area contributed by atoms with E-state index in [0.29, 0.717) is 6.42 Å². The molecular weight excluding hydrogens is 204 g/mol. The van der Waals surface area contributed by atoms with E-state index in [1.807, 2.05) is 37.3 Å². The summed E-state index contributed by atoms with van der Waals surface area (Å²) in [6, 6.07) is 9.34. The average molecular weight is 222 g/mol. The number of carbonyl (C=O) groups is 1. The predicted molar refractivity (Wildman–Crippen MR) is 67.6 cm³/mol. The van der Waals surface area contributed by atoms with E-state index >= 15 is 0 Å². The van der Waals surface area contributed by atoms with Crippen LogP contribution in [0.1, 0.15) is 36.5 Å². The van der Waals surface area contributed by atoms with E-state index in [-0.39, 0.29) is 5.78 Å². The predicted octanol–water partition coefficient (Wildman–Crippen LogP) is 3.79. The highest BCUT2D eigenvalue weighted by Gasteiger charge is 1.98. The monoisotopic (exact) mass is 222 g/mol. The van der Waals surface area contributed by atoms with Gasteiger partial charge >= 0.3 is 0 Å². The van der Waals surface area contributed by atoms with Crippen LogP contribution in [0.3, 0.4) is 0 Å². The van der Waals surface area contributed by atoms with Crippen LogP contribution in [0.25, 0.3) is 0 Å². The zero-order valence-electron chi connectivity index (χ0n) is 9.24. The molecule has 82 valence electrons. The topological polar surface area (TPSA) is 17.1 Å². The highest BCUT2D eigenvalue weighted by Crippen LogP contribution is 2.14. The van der Waals surface area contributed by atoms with Gasteiger partial charge in [0.1, 0.15) is 0 Å². The quantitative estimate of drug-likeness (QED) is 0.708. The maximum atomic E-state index is 11.0. The number of carbonyl (C=O) groups excluding carboxylic acids is 1. The molecule has 15 heavy (non-hydrogen) atoms. The van der Waals surface area contributed by atoms with Gasteiger partial charge in [-0.15, -0.1) is 0 Å². The maximum Gasteiger partial charge on any atom is 0.162 e. The third-order valence-electron chi connectivity index (χ3n) is 2.24. The van der Waals surface area contributed by atoms with Crippen molar-refractivity contribution in [2.75, 3.05) is 11.5 Å². The summed E-state index contributed by atoms with van der Waals surface area (Å²) in [7, 11) is 0. The van der Waals surface area contributed by atoms with Crippen LogP contribution in [0, 0.1) is 0 Å². The summed E-state index contributed by atoms with van der Waals surface area (Å²) in [5.74, 6) is 3.04. The normalized spacial score (nSPS) is 14.2. The molecule has 0 atom stereocenters. The van der Waals surface area contributed by atoms with Gasteiger partial charge in [0.15, 0.2) is 5.78 Å². The summed E-state index contributed by atoms with van der Waals surface area (Å²) in [4.78, 5) is 11.0. The molecule has 0 saturated carbocycles. The Kier molecular flexibility index (Phi) is 6.17. The van der Waals surface area contributed by atoms with Crippen LogP contribution < -0.4 is 0 Å². The third-order valence-corrected chi connectivity index (χ3v) is 3.40. The summed E-state index contributed by atoms with van der Waals surface area (Å²) in [5.41, 5.74) is 0.810. The van der Waals surface area contributed by atoms with Crippen molar-refractivity contribution < 1.29 is 4.79 Å². The van der Waals surface area contributed by atoms with Crippen molar-refractivity contribution in [3.63, 3.8) is 0 Å². The van der Waals surface area contributed by atoms with Gasteiger partial charge in [0.2, 0.25) is 0 Å². The number of thioether (sulfide) groups is 1. The van der Waals surface area contributed by atoms with Gasteiger partial charge in [-0.05, 0) is 24.3 Å². The lowest BCUT2D eigenvalue weighted by molar-refractivity contribution is 0.0988. The summed E-state index contributed by atoms with van der Waals surface area (Å²) >= 11 is 2.07. The zero-order chi connectivity index (χ0) is 10.9. The van der Waals surface area contributed by atoms with Crippen molar-refractivity contribution in [2.24, 2.45) is 0 Å². The number of hydrogen-bond donors (Lipinski definition) is 0. The number of rotatable bonds is 2. The smallest absolute Gasteiger partial charge is 0.162 e. The second kappa shape index (κ2) is 7.52. The zero-order valence-corrected chi connectivity index (χ0v) is 10.1. The molecule has 1 saturated heterocycles. The molecule has 0 spiro atoms. The van der Waals surface area contributed by atoms with E-state index in [0.717, 1.165) is 5.56 Å². The van der Waals surface area contributed by atoms with Crippen LogP contribution in [0.15, 0.2) is 30.3 Å². The van der Waals surface area contributed by atoms with Gasteiger partial charge in [-0.25, -0.2) is 0 Å². The van der Waals surface area contributed by atoms with E-state index in [1.54, 1.807) is 0 Å². The molecule has 1 nitrogen and oxygen atoms in total. The van der Waals surface area contributed by atoms with Gasteiger partial charge in [0.25, 0.3) is 0 Å². The fourth-order valence-electron chi connectivity index (χ4n) is 1.34. The minimum absolute atomic E-state index is 0.209. The minimum atomic E-state index is 0.209. The Bertz CT molecular complexity index is 270. The van der Waals surface area contributed by atoms with E-state index in [1.165, 1.54) is 24.3 Å². The minimum Gasteiger partial charge on any atom is -0.294 e. The van der Waals surface area contributed by atoms with Crippen molar-refractivity contribution in [1.82, 2.24) is 0 Å². The molecular formula is C13H18OS. The second-order valence-corrected chi connectivity index (χ2v) is 4.69. The Morgan fingerprint density at radius 2 is 1.80 bits per heavy atom. The van der Waals surface area contributed by atoms with Crippen molar-refractivity contribution in [3.05, 3.63) is 35.9 Å². The molecule has 1 fully saturated rings. The summed E-state index contributed by atoms with van der Waals surface area (Å²) in [5, 5.41) is 0. The molecule has 0 N–H and O–H groups in total. The SMILES string of the molecule is C1CCSC1.CCC(=O)c1ccccc1. The fourth-order valence-corrected chi connectivity index (χ4v) is 2.36. The standard InChI is InChI=1S/C9H10O.C4H8S/c1-2-9(10)8-6-4-3-5-7-8;1-2-4-5-3-1/h3-7H,2H2,1H3;1-4H2. The van der Waals surface area contributed by atoms with Crippen LogP contribution in [-0.4, -0.2) is 17.3 Å². The first-order valence-corrected chi connectivity index (χ1v) is 6.66. The van der Waals surface area contributed by atoms with E-state index < -0.39 is 0 Å². The average Bonchev–Trinajstić information content (AvgIpc) is 2.88. The van der Waals surface area contributed by atoms with Crippen LogP contribution in [-0.2, 0) is 0 Å². The third kappa shape index (κ3) is 5.03. The lowest BCUT2D eigenvalue weighted by atomic mass is 10.1. The molecule has 1 aliphatic heterocycles. The van der Waals surface area contributed by atoms with Crippen LogP contribution in [0.4, 0.5) is 0 Å². The Morgan fingerprint density at radius 1 is 1.20 bits per heavy atom. The van der Waals surface area contributed by atoms with Gasteiger partial charge in [0, 0.05) is 12.0 Å². The molecule has 0 aliphatic carbocycles. The van der Waals surface area contributed by atoms with E-state index in [9.17, 15) is 4.79 Å². The Labute approximate surface area is 96.3 Å². The molecule has 0 amide bonds. The van der Waals surface area contributed by atoms with Gasteiger partial charge in [0.05, 0.1) is 0 Å². The summed E-state index contributed by atoms with van der Waals surface area (Å²) < 4.78 is 0. The van der Waals surface area contributed by atoms with E-state index in [4.69, 9.17) is 0 Å². The fraction of sp³-hybridized carbons (Fsp3) is 0.462. The second-order valence-electron chi connectivity index (χ2n) is 3.46.